The van der Waals surface area contributed by atoms with E-state index in [4.69, 9.17) is 0 Å². The summed E-state index contributed by atoms with van der Waals surface area (Å²) in [5.74, 6) is 0.0115. The van der Waals surface area contributed by atoms with Crippen molar-refractivity contribution in [1.82, 2.24) is 20.2 Å². The first-order valence-electron chi connectivity index (χ1n) is 12.2. The minimum atomic E-state index is -0.484. The summed E-state index contributed by atoms with van der Waals surface area (Å²) in [6.07, 6.45) is 4.85. The summed E-state index contributed by atoms with van der Waals surface area (Å²) in [6.45, 7) is 1.88. The van der Waals surface area contributed by atoms with E-state index >= 15 is 0 Å². The molecule has 2 fully saturated rings. The Morgan fingerprint density at radius 1 is 1.08 bits per heavy atom. The van der Waals surface area contributed by atoms with Crippen molar-refractivity contribution in [1.29, 1.82) is 0 Å². The molecule has 2 atom stereocenters. The van der Waals surface area contributed by atoms with Crippen LogP contribution in [0.3, 0.4) is 0 Å². The molecule has 3 N–H and O–H groups in total. The molecule has 9 nitrogen and oxygen atoms in total. The number of carbonyl (C=O) groups is 1. The van der Waals surface area contributed by atoms with Crippen LogP contribution in [0.5, 0.6) is 0 Å². The number of aromatic amines is 1. The standard InChI is InChI=1S/C26H25F2N7O2/c27-16-4-5-21(28)19(10-16)22-2-1-8-35(22)25-20-11-17(13-30-24(20)32-33-25)31-26(37)15-3-6-23(29-12-15)34-9-7-18(36)14-34/h3-6,10-13,18,22,36H,1-2,7-9,14H2,(H,31,37)(H,30,32,33). The van der Waals surface area contributed by atoms with Crippen LogP contribution >= 0.6 is 0 Å². The quantitative estimate of drug-likeness (QED) is 0.379. The molecule has 11 heteroatoms. The molecule has 0 radical (unpaired) electrons. The molecular weight excluding hydrogens is 480 g/mol. The summed E-state index contributed by atoms with van der Waals surface area (Å²) in [4.78, 5) is 25.6. The number of carbonyl (C=O) groups excluding carboxylic acids is 1. The Bertz CT molecular complexity index is 1460. The molecule has 2 unspecified atom stereocenters. The highest BCUT2D eigenvalue weighted by Gasteiger charge is 2.31. The SMILES string of the molecule is O=C(Nc1cnc2[nH]nc(N3CCCC3c3cc(F)ccc3F)c2c1)c1ccc(N2CCC(O)C2)nc1. The van der Waals surface area contributed by atoms with Gasteiger partial charge in [0.25, 0.3) is 5.91 Å². The number of nitrogens with zero attached hydrogens (tertiary/aromatic N) is 5. The molecule has 1 amide bonds. The van der Waals surface area contributed by atoms with E-state index in [2.05, 4.69) is 25.5 Å². The molecular formula is C26H25F2N7O2. The predicted molar refractivity (Wildman–Crippen MR) is 135 cm³/mol. The van der Waals surface area contributed by atoms with Crippen molar-refractivity contribution < 1.29 is 18.7 Å². The molecule has 0 saturated carbocycles. The molecule has 6 rings (SSSR count). The Hall–Kier alpha value is -4.12. The molecule has 2 aliphatic rings. The van der Waals surface area contributed by atoms with E-state index in [0.717, 1.165) is 25.1 Å². The number of pyridine rings is 2. The van der Waals surface area contributed by atoms with Gasteiger partial charge in [-0.05, 0) is 55.7 Å². The van der Waals surface area contributed by atoms with E-state index in [0.29, 0.717) is 65.4 Å². The third kappa shape index (κ3) is 4.46. The second-order valence-electron chi connectivity index (χ2n) is 9.43. The summed E-state index contributed by atoms with van der Waals surface area (Å²) in [5.41, 5.74) is 1.68. The molecule has 3 aromatic heterocycles. The van der Waals surface area contributed by atoms with Crippen molar-refractivity contribution in [2.45, 2.75) is 31.4 Å². The number of H-pyrrole nitrogens is 1. The molecule has 1 aromatic carbocycles. The summed E-state index contributed by atoms with van der Waals surface area (Å²) < 4.78 is 28.4. The fourth-order valence-corrected chi connectivity index (χ4v) is 5.15. The van der Waals surface area contributed by atoms with Crippen molar-refractivity contribution in [2.24, 2.45) is 0 Å². The molecule has 0 bridgehead atoms. The van der Waals surface area contributed by atoms with Crippen LogP contribution in [-0.2, 0) is 0 Å². The highest BCUT2D eigenvalue weighted by atomic mass is 19.1. The van der Waals surface area contributed by atoms with Crippen LogP contribution in [0.1, 0.15) is 41.2 Å². The van der Waals surface area contributed by atoms with Crippen LogP contribution in [0, 0.1) is 11.6 Å². The number of hydrogen-bond acceptors (Lipinski definition) is 7. The normalized spacial score (nSPS) is 19.6. The van der Waals surface area contributed by atoms with E-state index in [1.165, 1.54) is 18.5 Å². The number of benzene rings is 1. The molecule has 5 heterocycles. The van der Waals surface area contributed by atoms with E-state index < -0.39 is 11.6 Å². The highest BCUT2D eigenvalue weighted by molar-refractivity contribution is 6.05. The Morgan fingerprint density at radius 3 is 2.76 bits per heavy atom. The third-order valence-electron chi connectivity index (χ3n) is 6.99. The number of halogens is 2. The van der Waals surface area contributed by atoms with Gasteiger partial charge in [0.1, 0.15) is 17.5 Å². The van der Waals surface area contributed by atoms with Gasteiger partial charge in [-0.25, -0.2) is 18.7 Å². The highest BCUT2D eigenvalue weighted by Crippen LogP contribution is 2.39. The third-order valence-corrected chi connectivity index (χ3v) is 6.99. The fourth-order valence-electron chi connectivity index (χ4n) is 5.15. The van der Waals surface area contributed by atoms with Crippen molar-refractivity contribution >= 4 is 34.3 Å². The lowest BCUT2D eigenvalue weighted by Gasteiger charge is -2.25. The Morgan fingerprint density at radius 2 is 1.97 bits per heavy atom. The van der Waals surface area contributed by atoms with Crippen LogP contribution in [0.15, 0.2) is 48.8 Å². The van der Waals surface area contributed by atoms with Gasteiger partial charge in [0, 0.05) is 31.4 Å². The number of β-amino-alcohol motifs (C(OH)–C–C–N with tert-alkyl or cyclic N) is 1. The monoisotopic (exact) mass is 505 g/mol. The first-order valence-corrected chi connectivity index (χ1v) is 12.2. The van der Waals surface area contributed by atoms with Crippen molar-refractivity contribution in [3.8, 4) is 0 Å². The number of aromatic nitrogens is 4. The maximum atomic E-state index is 14.5. The number of fused-ring (bicyclic) bond motifs is 1. The van der Waals surface area contributed by atoms with Crippen molar-refractivity contribution in [2.75, 3.05) is 34.8 Å². The summed E-state index contributed by atoms with van der Waals surface area (Å²) in [7, 11) is 0. The van der Waals surface area contributed by atoms with E-state index in [-0.39, 0.29) is 18.1 Å². The van der Waals surface area contributed by atoms with Gasteiger partial charge in [0.2, 0.25) is 0 Å². The zero-order chi connectivity index (χ0) is 25.5. The molecule has 0 aliphatic carbocycles. The number of anilines is 3. The lowest BCUT2D eigenvalue weighted by Crippen LogP contribution is -2.24. The van der Waals surface area contributed by atoms with E-state index in [9.17, 15) is 18.7 Å². The summed E-state index contributed by atoms with van der Waals surface area (Å²) >= 11 is 0. The molecule has 2 saturated heterocycles. The topological polar surface area (TPSA) is 110 Å². The van der Waals surface area contributed by atoms with Gasteiger partial charge < -0.3 is 20.2 Å². The average molecular weight is 506 g/mol. The smallest absolute Gasteiger partial charge is 0.257 e. The molecule has 0 spiro atoms. The Balaban J connectivity index is 1.23. The van der Waals surface area contributed by atoms with Crippen molar-refractivity contribution in [3.63, 3.8) is 0 Å². The largest absolute Gasteiger partial charge is 0.391 e. The maximum absolute atomic E-state index is 14.5. The lowest BCUT2D eigenvalue weighted by molar-refractivity contribution is 0.102. The van der Waals surface area contributed by atoms with E-state index in [1.54, 1.807) is 18.2 Å². The second-order valence-corrected chi connectivity index (χ2v) is 9.43. The fraction of sp³-hybridized carbons (Fsp3) is 0.308. The zero-order valence-electron chi connectivity index (χ0n) is 19.9. The summed E-state index contributed by atoms with van der Waals surface area (Å²) in [5, 5.41) is 20.6. The Kier molecular flexibility index (Phi) is 5.91. The number of aliphatic hydroxyl groups excluding tert-OH is 1. The molecule has 4 aromatic rings. The number of aliphatic hydroxyl groups is 1. The first kappa shape index (κ1) is 23.3. The van der Waals surface area contributed by atoms with E-state index in [1.807, 2.05) is 9.80 Å². The van der Waals surface area contributed by atoms with Crippen LogP contribution in [-0.4, -0.2) is 56.9 Å². The minimum absolute atomic E-state index is 0.297. The van der Waals surface area contributed by atoms with Gasteiger partial charge >= 0.3 is 0 Å². The first-order chi connectivity index (χ1) is 18.0. The van der Waals surface area contributed by atoms with Crippen LogP contribution in [0.25, 0.3) is 11.0 Å². The van der Waals surface area contributed by atoms with Gasteiger partial charge in [-0.15, -0.1) is 0 Å². The van der Waals surface area contributed by atoms with Gasteiger partial charge in [-0.3, -0.25) is 9.89 Å². The van der Waals surface area contributed by atoms with Gasteiger partial charge in [-0.1, -0.05) is 0 Å². The molecule has 2 aliphatic heterocycles. The zero-order valence-corrected chi connectivity index (χ0v) is 19.9. The maximum Gasteiger partial charge on any atom is 0.257 e. The van der Waals surface area contributed by atoms with Crippen LogP contribution < -0.4 is 15.1 Å². The lowest BCUT2D eigenvalue weighted by atomic mass is 10.0. The number of amides is 1. The van der Waals surface area contributed by atoms with Crippen molar-refractivity contribution in [3.05, 3.63) is 71.6 Å². The van der Waals surface area contributed by atoms with Gasteiger partial charge in [0.15, 0.2) is 11.5 Å². The van der Waals surface area contributed by atoms with Gasteiger partial charge in [-0.2, -0.15) is 5.10 Å². The minimum Gasteiger partial charge on any atom is -0.391 e. The Labute approximate surface area is 211 Å². The van der Waals surface area contributed by atoms with Gasteiger partial charge in [0.05, 0.1) is 35.0 Å². The van der Waals surface area contributed by atoms with Crippen LogP contribution in [0.2, 0.25) is 0 Å². The summed E-state index contributed by atoms with van der Waals surface area (Å²) in [6, 6.07) is 8.37. The average Bonchev–Trinajstić information content (AvgIpc) is 3.65. The number of rotatable bonds is 5. The molecule has 190 valence electrons. The predicted octanol–water partition coefficient (Wildman–Crippen LogP) is 3.80. The number of hydrogen-bond donors (Lipinski definition) is 3. The second kappa shape index (κ2) is 9.40. The van der Waals surface area contributed by atoms with Crippen LogP contribution in [0.4, 0.5) is 26.1 Å². The molecule has 37 heavy (non-hydrogen) atoms. The number of nitrogens with one attached hydrogen (secondary N) is 2.